The van der Waals surface area contributed by atoms with E-state index in [1.54, 1.807) is 0 Å². The van der Waals surface area contributed by atoms with Crippen LogP contribution in [0.3, 0.4) is 0 Å². The minimum Gasteiger partial charge on any atom is -0.478 e. The highest BCUT2D eigenvalue weighted by Crippen LogP contribution is 2.45. The maximum absolute atomic E-state index is 12.2. The van der Waals surface area contributed by atoms with Crippen molar-refractivity contribution < 1.29 is 23.4 Å². The largest absolute Gasteiger partial charge is 0.478 e. The average Bonchev–Trinajstić information content (AvgIpc) is 3.19. The maximum Gasteiger partial charge on any atom is 0.337 e. The summed E-state index contributed by atoms with van der Waals surface area (Å²) in [5.41, 5.74) is -0.962. The van der Waals surface area contributed by atoms with E-state index in [2.05, 4.69) is 4.98 Å². The fourth-order valence-corrected chi connectivity index (χ4v) is 3.88. The monoisotopic (exact) mass is 298 g/mol. The van der Waals surface area contributed by atoms with Crippen molar-refractivity contribution >= 4 is 16.0 Å². The van der Waals surface area contributed by atoms with Gasteiger partial charge in [0.05, 0.1) is 11.2 Å². The number of carboxylic acid groups (broad SMARTS) is 1. The zero-order valence-electron chi connectivity index (χ0n) is 10.6. The van der Waals surface area contributed by atoms with Crippen molar-refractivity contribution in [2.45, 2.75) is 23.5 Å². The van der Waals surface area contributed by atoms with Crippen LogP contribution in [0.1, 0.15) is 23.2 Å². The molecule has 108 valence electrons. The molecule has 20 heavy (non-hydrogen) atoms. The molecule has 0 amide bonds. The number of nitrogens with zero attached hydrogens (tertiary/aromatic N) is 2. The lowest BCUT2D eigenvalue weighted by Crippen LogP contribution is -2.64. The highest BCUT2D eigenvalue weighted by Gasteiger charge is 2.55. The van der Waals surface area contributed by atoms with Gasteiger partial charge in [0.25, 0.3) is 10.0 Å². The van der Waals surface area contributed by atoms with Gasteiger partial charge in [-0.15, -0.1) is 0 Å². The molecule has 1 aliphatic heterocycles. The van der Waals surface area contributed by atoms with Crippen LogP contribution in [-0.4, -0.2) is 52.6 Å². The highest BCUT2D eigenvalue weighted by atomic mass is 32.2. The topological polar surface area (TPSA) is 108 Å². The molecule has 3 rings (SSSR count). The Kier molecular flexibility index (Phi) is 2.86. The normalized spacial score (nSPS) is 22.2. The lowest BCUT2D eigenvalue weighted by atomic mass is 9.91. The predicted octanol–water partition coefficient (Wildman–Crippen LogP) is -0.0748. The molecule has 7 nitrogen and oxygen atoms in total. The average molecular weight is 298 g/mol. The molecule has 0 aromatic carbocycles. The number of rotatable bonds is 4. The Morgan fingerprint density at radius 3 is 2.45 bits per heavy atom. The Bertz CT molecular complexity index is 645. The van der Waals surface area contributed by atoms with E-state index in [-0.39, 0.29) is 29.6 Å². The first-order valence-electron chi connectivity index (χ1n) is 6.25. The third kappa shape index (κ3) is 2.09. The van der Waals surface area contributed by atoms with Crippen LogP contribution in [0.2, 0.25) is 0 Å². The summed E-state index contributed by atoms with van der Waals surface area (Å²) in [5.74, 6) is -0.954. The molecule has 8 heteroatoms. The molecule has 0 bridgehead atoms. The molecule has 1 aromatic rings. The van der Waals surface area contributed by atoms with Gasteiger partial charge in [-0.1, -0.05) is 0 Å². The van der Waals surface area contributed by atoms with Crippen LogP contribution in [-0.2, 0) is 10.0 Å². The van der Waals surface area contributed by atoms with Crippen molar-refractivity contribution in [2.75, 3.05) is 13.1 Å². The van der Waals surface area contributed by atoms with Gasteiger partial charge in [0.1, 0.15) is 0 Å². The van der Waals surface area contributed by atoms with E-state index in [1.807, 2.05) is 0 Å². The molecule has 2 N–H and O–H groups in total. The number of aromatic carboxylic acids is 1. The van der Waals surface area contributed by atoms with Crippen molar-refractivity contribution in [3.05, 3.63) is 23.9 Å². The van der Waals surface area contributed by atoms with E-state index in [0.717, 1.165) is 19.0 Å². The third-order valence-corrected chi connectivity index (χ3v) is 5.53. The highest BCUT2D eigenvalue weighted by molar-refractivity contribution is 7.89. The molecule has 1 saturated carbocycles. The number of carboxylic acids is 1. The first kappa shape index (κ1) is 13.5. The Labute approximate surface area is 115 Å². The number of aliphatic hydroxyl groups is 1. The smallest absolute Gasteiger partial charge is 0.337 e. The third-order valence-electron chi connectivity index (χ3n) is 3.83. The van der Waals surface area contributed by atoms with Gasteiger partial charge < -0.3 is 10.2 Å². The van der Waals surface area contributed by atoms with Gasteiger partial charge in [0, 0.05) is 19.3 Å². The predicted molar refractivity (Wildman–Crippen MR) is 67.6 cm³/mol. The van der Waals surface area contributed by atoms with Gasteiger partial charge in [-0.05, 0) is 30.9 Å². The SMILES string of the molecule is O=C(O)c1ccc(S(=O)(=O)N2CC(O)(C3CC3)C2)nc1. The Morgan fingerprint density at radius 2 is 2.00 bits per heavy atom. The zero-order chi connectivity index (χ0) is 14.5. The molecule has 1 aromatic heterocycles. The fourth-order valence-electron chi connectivity index (χ4n) is 2.40. The van der Waals surface area contributed by atoms with Crippen molar-refractivity contribution in [3.63, 3.8) is 0 Å². The minimum atomic E-state index is -3.75. The van der Waals surface area contributed by atoms with Crippen LogP contribution in [0.15, 0.2) is 23.4 Å². The number of pyridine rings is 1. The molecular formula is C12H14N2O5S. The number of carbonyl (C=O) groups is 1. The van der Waals surface area contributed by atoms with Gasteiger partial charge in [-0.25, -0.2) is 18.2 Å². The number of β-amino-alcohol motifs (C(OH)–C–C–N with tert-alkyl or cyclic N) is 1. The summed E-state index contributed by atoms with van der Waals surface area (Å²) in [5, 5.41) is 18.7. The van der Waals surface area contributed by atoms with E-state index in [0.29, 0.717) is 0 Å². The summed E-state index contributed by atoms with van der Waals surface area (Å²) in [4.78, 5) is 14.4. The summed E-state index contributed by atoms with van der Waals surface area (Å²) in [6, 6.07) is 2.38. The van der Waals surface area contributed by atoms with Crippen molar-refractivity contribution in [1.29, 1.82) is 0 Å². The van der Waals surface area contributed by atoms with E-state index in [1.165, 1.54) is 16.4 Å². The first-order valence-corrected chi connectivity index (χ1v) is 7.69. The van der Waals surface area contributed by atoms with Crippen molar-refractivity contribution in [2.24, 2.45) is 5.92 Å². The van der Waals surface area contributed by atoms with Crippen molar-refractivity contribution in [3.8, 4) is 0 Å². The van der Waals surface area contributed by atoms with Crippen LogP contribution in [0.25, 0.3) is 0 Å². The summed E-state index contributed by atoms with van der Waals surface area (Å²) in [7, 11) is -3.75. The van der Waals surface area contributed by atoms with Crippen molar-refractivity contribution in [1.82, 2.24) is 9.29 Å². The van der Waals surface area contributed by atoms with Gasteiger partial charge >= 0.3 is 5.97 Å². The fraction of sp³-hybridized carbons (Fsp3) is 0.500. The summed E-state index contributed by atoms with van der Waals surface area (Å²) in [6.45, 7) is 0.171. The number of hydrogen-bond donors (Lipinski definition) is 2. The second-order valence-electron chi connectivity index (χ2n) is 5.34. The molecule has 0 unspecified atom stereocenters. The van der Waals surface area contributed by atoms with Crippen LogP contribution in [0.4, 0.5) is 0 Å². The summed E-state index contributed by atoms with van der Waals surface area (Å²) in [6.07, 6.45) is 2.90. The molecule has 0 atom stereocenters. The molecule has 2 aliphatic rings. The van der Waals surface area contributed by atoms with Gasteiger partial charge in [0.2, 0.25) is 0 Å². The van der Waals surface area contributed by atoms with Gasteiger partial charge in [-0.3, -0.25) is 0 Å². The van der Waals surface area contributed by atoms with E-state index >= 15 is 0 Å². The van der Waals surface area contributed by atoms with Crippen LogP contribution < -0.4 is 0 Å². The molecular weight excluding hydrogens is 284 g/mol. The van der Waals surface area contributed by atoms with Crippen LogP contribution in [0.5, 0.6) is 0 Å². The maximum atomic E-state index is 12.2. The molecule has 1 saturated heterocycles. The van der Waals surface area contributed by atoms with E-state index in [9.17, 15) is 18.3 Å². The standard InChI is InChI=1S/C12H14N2O5S/c15-11(16)8-1-4-10(13-5-8)20(18,19)14-6-12(17,7-14)9-2-3-9/h1,4-5,9,17H,2-3,6-7H2,(H,15,16). The minimum absolute atomic E-state index is 0.0676. The molecule has 2 fully saturated rings. The molecule has 2 heterocycles. The first-order chi connectivity index (χ1) is 9.33. The van der Waals surface area contributed by atoms with Gasteiger partial charge in [-0.2, -0.15) is 4.31 Å². The number of sulfonamides is 1. The quantitative estimate of drug-likeness (QED) is 0.805. The second-order valence-corrected chi connectivity index (χ2v) is 7.23. The van der Waals surface area contributed by atoms with Crippen LogP contribution in [0, 0.1) is 5.92 Å². The second kappa shape index (κ2) is 4.24. The van der Waals surface area contributed by atoms with E-state index < -0.39 is 21.6 Å². The van der Waals surface area contributed by atoms with Crippen LogP contribution >= 0.6 is 0 Å². The molecule has 1 aliphatic carbocycles. The van der Waals surface area contributed by atoms with E-state index in [4.69, 9.17) is 5.11 Å². The Hall–Kier alpha value is -1.51. The summed E-state index contributed by atoms with van der Waals surface area (Å²) >= 11 is 0. The zero-order valence-corrected chi connectivity index (χ0v) is 11.4. The molecule has 0 spiro atoms. The lowest BCUT2D eigenvalue weighted by molar-refractivity contribution is -0.0765. The Balaban J connectivity index is 1.77. The molecule has 0 radical (unpaired) electrons. The lowest BCUT2D eigenvalue weighted by Gasteiger charge is -2.45. The number of aromatic nitrogens is 1. The summed E-state index contributed by atoms with van der Waals surface area (Å²) < 4.78 is 25.6. The Morgan fingerprint density at radius 1 is 1.35 bits per heavy atom. The number of hydrogen-bond acceptors (Lipinski definition) is 5. The van der Waals surface area contributed by atoms with Gasteiger partial charge in [0.15, 0.2) is 5.03 Å².